The van der Waals surface area contributed by atoms with E-state index in [1.807, 2.05) is 19.9 Å². The number of benzene rings is 1. The number of aromatic nitrogens is 2. The first-order valence-electron chi connectivity index (χ1n) is 9.03. The number of fused-ring (bicyclic) bond motifs is 1. The number of ether oxygens (including phenoxy) is 1. The van der Waals surface area contributed by atoms with E-state index in [2.05, 4.69) is 15.5 Å². The van der Waals surface area contributed by atoms with E-state index in [0.29, 0.717) is 39.7 Å². The zero-order valence-corrected chi connectivity index (χ0v) is 15.6. The molecule has 140 valence electrons. The maximum atomic E-state index is 13.1. The van der Waals surface area contributed by atoms with E-state index in [-0.39, 0.29) is 11.8 Å². The van der Waals surface area contributed by atoms with Gasteiger partial charge in [-0.1, -0.05) is 19.0 Å². The van der Waals surface area contributed by atoms with E-state index in [1.54, 1.807) is 25.3 Å². The molecule has 7 heteroatoms. The average molecular weight is 366 g/mol. The molecule has 0 saturated heterocycles. The molecule has 2 aromatic heterocycles. The Morgan fingerprint density at radius 3 is 2.78 bits per heavy atom. The molecule has 27 heavy (non-hydrogen) atoms. The number of nitrogens with one attached hydrogen (secondary N) is 1. The molecule has 0 atom stereocenters. The van der Waals surface area contributed by atoms with E-state index in [0.717, 1.165) is 24.2 Å². The molecule has 3 aromatic rings. The minimum Gasteiger partial charge on any atom is -0.497 e. The number of methoxy groups -OCH3 is 1. The lowest BCUT2D eigenvalue weighted by Gasteiger charge is -2.12. The highest BCUT2D eigenvalue weighted by atomic mass is 16.5. The van der Waals surface area contributed by atoms with Gasteiger partial charge in [0.2, 0.25) is 0 Å². The summed E-state index contributed by atoms with van der Waals surface area (Å²) in [5, 5.41) is 7.70. The third kappa shape index (κ3) is 3.20. The first-order chi connectivity index (χ1) is 13.0. The van der Waals surface area contributed by atoms with Crippen molar-refractivity contribution < 1.29 is 14.1 Å². The Hall–Kier alpha value is -3.09. The molecule has 1 aromatic carbocycles. The second-order valence-corrected chi connectivity index (χ2v) is 7.18. The number of pyridine rings is 1. The van der Waals surface area contributed by atoms with Crippen LogP contribution in [0.4, 0.5) is 11.4 Å². The second-order valence-electron chi connectivity index (χ2n) is 7.18. The smallest absolute Gasteiger partial charge is 0.259 e. The molecule has 7 nitrogen and oxygen atoms in total. The van der Waals surface area contributed by atoms with Crippen LogP contribution in [0, 0.1) is 0 Å². The first-order valence-corrected chi connectivity index (χ1v) is 9.03. The molecule has 1 fully saturated rings. The van der Waals surface area contributed by atoms with Gasteiger partial charge < -0.3 is 20.3 Å². The van der Waals surface area contributed by atoms with Gasteiger partial charge in [0.15, 0.2) is 0 Å². The van der Waals surface area contributed by atoms with Crippen molar-refractivity contribution in [2.24, 2.45) is 0 Å². The van der Waals surface area contributed by atoms with Crippen LogP contribution in [-0.4, -0.2) is 23.2 Å². The topological polar surface area (TPSA) is 103 Å². The third-order valence-electron chi connectivity index (χ3n) is 4.79. The van der Waals surface area contributed by atoms with Crippen LogP contribution < -0.4 is 15.8 Å². The largest absolute Gasteiger partial charge is 0.497 e. The second kappa shape index (κ2) is 6.57. The standard InChI is InChI=1S/C20H22N4O3/c1-10(2)18-17-13(9-15(11-4-5-11)23-20(17)27-24-18)19(25)22-16-8-12(26-3)6-7-14(16)21/h6-11H,4-5,21H2,1-3H3,(H,22,25). The number of nitrogen functional groups attached to an aromatic ring is 1. The summed E-state index contributed by atoms with van der Waals surface area (Å²) < 4.78 is 10.7. The highest BCUT2D eigenvalue weighted by molar-refractivity contribution is 6.13. The van der Waals surface area contributed by atoms with Gasteiger partial charge in [0.1, 0.15) is 5.75 Å². The lowest BCUT2D eigenvalue weighted by atomic mass is 10.0. The van der Waals surface area contributed by atoms with Gasteiger partial charge in [-0.3, -0.25) is 4.79 Å². The molecule has 0 aliphatic heterocycles. The van der Waals surface area contributed by atoms with Crippen LogP contribution in [0.1, 0.15) is 60.3 Å². The Morgan fingerprint density at radius 2 is 2.11 bits per heavy atom. The predicted octanol–water partition coefficient (Wildman–Crippen LogP) is 4.07. The number of anilines is 2. The van der Waals surface area contributed by atoms with Gasteiger partial charge in [0.25, 0.3) is 11.6 Å². The number of carbonyl (C=O) groups excluding carboxylic acids is 1. The average Bonchev–Trinajstić information content (AvgIpc) is 3.41. The number of hydrogen-bond acceptors (Lipinski definition) is 6. The summed E-state index contributed by atoms with van der Waals surface area (Å²) in [5.74, 6) is 0.837. The third-order valence-corrected chi connectivity index (χ3v) is 4.79. The van der Waals surface area contributed by atoms with Gasteiger partial charge in [-0.25, -0.2) is 4.98 Å². The molecule has 1 aliphatic rings. The maximum absolute atomic E-state index is 13.1. The van der Waals surface area contributed by atoms with Crippen molar-refractivity contribution in [3.05, 3.63) is 41.2 Å². The number of nitrogens with two attached hydrogens (primary N) is 1. The van der Waals surface area contributed by atoms with Crippen LogP contribution in [-0.2, 0) is 0 Å². The molecule has 2 heterocycles. The lowest BCUT2D eigenvalue weighted by molar-refractivity contribution is 0.102. The summed E-state index contributed by atoms with van der Waals surface area (Å²) in [5.41, 5.74) is 9.50. The van der Waals surface area contributed by atoms with Gasteiger partial charge in [-0.05, 0) is 37.0 Å². The van der Waals surface area contributed by atoms with Crippen molar-refractivity contribution in [3.8, 4) is 5.75 Å². The van der Waals surface area contributed by atoms with Crippen molar-refractivity contribution in [1.29, 1.82) is 0 Å². The molecule has 0 spiro atoms. The van der Waals surface area contributed by atoms with Gasteiger partial charge in [-0.2, -0.15) is 0 Å². The molecule has 0 unspecified atom stereocenters. The zero-order valence-electron chi connectivity index (χ0n) is 15.6. The van der Waals surface area contributed by atoms with Gasteiger partial charge in [0.05, 0.1) is 35.1 Å². The van der Waals surface area contributed by atoms with Crippen molar-refractivity contribution in [3.63, 3.8) is 0 Å². The highest BCUT2D eigenvalue weighted by Gasteiger charge is 2.29. The van der Waals surface area contributed by atoms with E-state index >= 15 is 0 Å². The summed E-state index contributed by atoms with van der Waals surface area (Å²) >= 11 is 0. The molecule has 1 aliphatic carbocycles. The van der Waals surface area contributed by atoms with Crippen LogP contribution in [0.2, 0.25) is 0 Å². The van der Waals surface area contributed by atoms with E-state index in [1.165, 1.54) is 0 Å². The van der Waals surface area contributed by atoms with Crippen LogP contribution in [0.5, 0.6) is 5.75 Å². The Morgan fingerprint density at radius 1 is 1.33 bits per heavy atom. The molecular formula is C20H22N4O3. The van der Waals surface area contributed by atoms with E-state index in [4.69, 9.17) is 15.0 Å². The van der Waals surface area contributed by atoms with Crippen LogP contribution in [0.3, 0.4) is 0 Å². The molecule has 0 bridgehead atoms. The molecular weight excluding hydrogens is 344 g/mol. The van der Waals surface area contributed by atoms with Crippen molar-refractivity contribution >= 4 is 28.4 Å². The molecule has 0 radical (unpaired) electrons. The summed E-state index contributed by atoms with van der Waals surface area (Å²) in [6.45, 7) is 4.02. The van der Waals surface area contributed by atoms with Crippen molar-refractivity contribution in [2.45, 2.75) is 38.5 Å². The Balaban J connectivity index is 1.79. The van der Waals surface area contributed by atoms with Gasteiger partial charge in [-0.15, -0.1) is 0 Å². The fourth-order valence-electron chi connectivity index (χ4n) is 3.11. The molecule has 4 rings (SSSR count). The monoisotopic (exact) mass is 366 g/mol. The van der Waals surface area contributed by atoms with Gasteiger partial charge in [0, 0.05) is 17.7 Å². The van der Waals surface area contributed by atoms with Gasteiger partial charge >= 0.3 is 0 Å². The van der Waals surface area contributed by atoms with Crippen molar-refractivity contribution in [1.82, 2.24) is 10.1 Å². The first kappa shape index (κ1) is 17.3. The summed E-state index contributed by atoms with van der Waals surface area (Å²) in [6, 6.07) is 7.00. The predicted molar refractivity (Wildman–Crippen MR) is 103 cm³/mol. The van der Waals surface area contributed by atoms with Crippen LogP contribution >= 0.6 is 0 Å². The number of rotatable bonds is 5. The number of amides is 1. The Bertz CT molecular complexity index is 1020. The van der Waals surface area contributed by atoms with Crippen LogP contribution in [0.25, 0.3) is 11.1 Å². The van der Waals surface area contributed by atoms with Crippen LogP contribution in [0.15, 0.2) is 28.8 Å². The minimum absolute atomic E-state index is 0.105. The molecule has 1 saturated carbocycles. The molecule has 1 amide bonds. The van der Waals surface area contributed by atoms with Crippen molar-refractivity contribution in [2.75, 3.05) is 18.2 Å². The zero-order chi connectivity index (χ0) is 19.1. The van der Waals surface area contributed by atoms with E-state index < -0.39 is 0 Å². The van der Waals surface area contributed by atoms with E-state index in [9.17, 15) is 4.79 Å². The lowest BCUT2D eigenvalue weighted by Crippen LogP contribution is -2.15. The number of carbonyl (C=O) groups is 1. The fraction of sp³-hybridized carbons (Fsp3) is 0.350. The number of nitrogens with zero attached hydrogens (tertiary/aromatic N) is 2. The normalized spacial score (nSPS) is 13.9. The highest BCUT2D eigenvalue weighted by Crippen LogP contribution is 2.41. The molecule has 3 N–H and O–H groups in total. The quantitative estimate of drug-likeness (QED) is 0.660. The summed E-state index contributed by atoms with van der Waals surface area (Å²) in [4.78, 5) is 17.7. The Kier molecular flexibility index (Phi) is 4.22. The SMILES string of the molecule is COc1ccc(N)c(NC(=O)c2cc(C3CC3)nc3onc(C(C)C)c23)c1. The minimum atomic E-state index is -0.269. The maximum Gasteiger partial charge on any atom is 0.259 e. The number of hydrogen-bond donors (Lipinski definition) is 2. The fourth-order valence-corrected chi connectivity index (χ4v) is 3.11. The summed E-state index contributed by atoms with van der Waals surface area (Å²) in [7, 11) is 1.57. The Labute approximate surface area is 156 Å². The summed E-state index contributed by atoms with van der Waals surface area (Å²) in [6.07, 6.45) is 2.15.